The van der Waals surface area contributed by atoms with Crippen molar-refractivity contribution in [2.45, 2.75) is 116 Å². The lowest BCUT2D eigenvalue weighted by Gasteiger charge is -2.61. The van der Waals surface area contributed by atoms with E-state index in [4.69, 9.17) is 9.47 Å². The minimum atomic E-state index is -0.160. The summed E-state index contributed by atoms with van der Waals surface area (Å²) in [7, 11) is 0. The van der Waals surface area contributed by atoms with Crippen LogP contribution < -0.4 is 0 Å². The first-order valence-electron chi connectivity index (χ1n) is 13.0. The lowest BCUT2D eigenvalue weighted by atomic mass is 9.42. The molecule has 6 rings (SSSR count). The topological polar surface area (TPSA) is 55.9 Å². The predicted molar refractivity (Wildman–Crippen MR) is 117 cm³/mol. The Morgan fingerprint density at radius 3 is 2.42 bits per heavy atom. The summed E-state index contributed by atoms with van der Waals surface area (Å²) in [6, 6.07) is 0. The van der Waals surface area contributed by atoms with Crippen LogP contribution in [0.5, 0.6) is 0 Å². The molecule has 0 radical (unpaired) electrons. The van der Waals surface area contributed by atoms with Gasteiger partial charge in [-0.1, -0.05) is 26.7 Å². The van der Waals surface area contributed by atoms with Gasteiger partial charge >= 0.3 is 5.97 Å². The number of ketones is 1. The van der Waals surface area contributed by atoms with Gasteiger partial charge in [-0.3, -0.25) is 9.59 Å². The second-order valence-corrected chi connectivity index (χ2v) is 12.7. The van der Waals surface area contributed by atoms with Gasteiger partial charge in [0, 0.05) is 24.2 Å². The fourth-order valence-corrected chi connectivity index (χ4v) is 10.8. The number of hydrogen-bond acceptors (Lipinski definition) is 4. The maximum Gasteiger partial charge on any atom is 0.302 e. The van der Waals surface area contributed by atoms with Crippen LogP contribution in [0.1, 0.15) is 98.3 Å². The van der Waals surface area contributed by atoms with Crippen molar-refractivity contribution < 1.29 is 19.1 Å². The molecule has 0 bridgehead atoms. The van der Waals surface area contributed by atoms with Crippen LogP contribution >= 0.6 is 0 Å². The average molecular weight is 429 g/mol. The summed E-state index contributed by atoms with van der Waals surface area (Å²) in [6.07, 6.45) is 13.1. The van der Waals surface area contributed by atoms with Gasteiger partial charge in [-0.25, -0.2) is 0 Å². The van der Waals surface area contributed by atoms with E-state index in [0.29, 0.717) is 35.6 Å². The Morgan fingerprint density at radius 1 is 0.903 bits per heavy atom. The molecule has 4 heteroatoms. The van der Waals surface area contributed by atoms with E-state index >= 15 is 0 Å². The molecule has 0 unspecified atom stereocenters. The molecule has 0 aromatic rings. The minimum Gasteiger partial charge on any atom is -0.462 e. The molecule has 1 aliphatic heterocycles. The first-order valence-corrected chi connectivity index (χ1v) is 13.0. The molecule has 1 spiro atoms. The Labute approximate surface area is 187 Å². The van der Waals surface area contributed by atoms with Crippen molar-refractivity contribution >= 4 is 11.8 Å². The predicted octanol–water partition coefficient (Wildman–Crippen LogP) is 5.47. The first kappa shape index (κ1) is 20.7. The van der Waals surface area contributed by atoms with Gasteiger partial charge in [0.25, 0.3) is 0 Å². The van der Waals surface area contributed by atoms with Crippen molar-refractivity contribution in [2.24, 2.45) is 39.9 Å². The van der Waals surface area contributed by atoms with E-state index in [0.717, 1.165) is 32.1 Å². The first-order chi connectivity index (χ1) is 14.7. The van der Waals surface area contributed by atoms with Crippen LogP contribution in [0.2, 0.25) is 0 Å². The summed E-state index contributed by atoms with van der Waals surface area (Å²) >= 11 is 0. The zero-order valence-corrected chi connectivity index (χ0v) is 19.9. The highest BCUT2D eigenvalue weighted by molar-refractivity contribution is 5.84. The van der Waals surface area contributed by atoms with Crippen LogP contribution in [0.3, 0.4) is 0 Å². The van der Waals surface area contributed by atoms with Crippen molar-refractivity contribution in [3.63, 3.8) is 0 Å². The fourth-order valence-electron chi connectivity index (χ4n) is 10.8. The summed E-state index contributed by atoms with van der Waals surface area (Å²) < 4.78 is 12.2. The molecule has 10 atom stereocenters. The zero-order valence-electron chi connectivity index (χ0n) is 19.9. The normalized spacial score (nSPS) is 56.9. The number of hydrogen-bond donors (Lipinski definition) is 0. The monoisotopic (exact) mass is 428 g/mol. The highest BCUT2D eigenvalue weighted by Crippen LogP contribution is 2.77. The zero-order chi connectivity index (χ0) is 21.8. The number of epoxide rings is 1. The SMILES string of the molecule is CC(=O)O[C@H]1CC[C@]2(C)[C@@H]3CC[C@@]4(C)[C@H](C[C@H]5CCCC[C@]54C(C)=O)[C@H]3C[C@@H]3O[C@@]32C1. The largest absolute Gasteiger partial charge is 0.462 e. The van der Waals surface area contributed by atoms with Gasteiger partial charge in [-0.05, 0) is 87.4 Å². The van der Waals surface area contributed by atoms with Gasteiger partial charge in [-0.15, -0.1) is 0 Å². The number of carbonyl (C=O) groups excluding carboxylic acids is 2. The van der Waals surface area contributed by atoms with Crippen molar-refractivity contribution in [3.05, 3.63) is 0 Å². The molecule has 31 heavy (non-hydrogen) atoms. The Hall–Kier alpha value is -0.900. The third-order valence-corrected chi connectivity index (χ3v) is 12.0. The number of rotatable bonds is 2. The molecule has 0 aromatic heterocycles. The van der Waals surface area contributed by atoms with Gasteiger partial charge in [-0.2, -0.15) is 0 Å². The van der Waals surface area contributed by atoms with E-state index in [2.05, 4.69) is 13.8 Å². The fraction of sp³-hybridized carbons (Fsp3) is 0.926. The van der Waals surface area contributed by atoms with Gasteiger partial charge < -0.3 is 9.47 Å². The summed E-state index contributed by atoms with van der Waals surface area (Å²) in [5.74, 6) is 2.98. The standard InChI is InChI=1S/C27H40O4/c1-16(28)26-10-6-5-7-18(26)13-22-20-14-23-27(31-23)15-19(30-17(2)29)8-11-25(27,4)21(20)9-12-24(22,26)3/h18-23H,5-15H2,1-4H3/t18-,19+,20+,21-,22-,23+,24+,25-,26+,27+/m1/s1. The number of carbonyl (C=O) groups is 2. The highest BCUT2D eigenvalue weighted by Gasteiger charge is 2.78. The van der Waals surface area contributed by atoms with Crippen LogP contribution in [0.25, 0.3) is 0 Å². The number of Topliss-reactive ketones (excluding diaryl/α,β-unsaturated/α-hetero) is 1. The summed E-state index contributed by atoms with van der Waals surface area (Å²) in [5, 5.41) is 0. The van der Waals surface area contributed by atoms with Crippen LogP contribution in [0, 0.1) is 39.9 Å². The molecule has 6 aliphatic rings. The van der Waals surface area contributed by atoms with Crippen LogP contribution in [0.4, 0.5) is 0 Å². The van der Waals surface area contributed by atoms with E-state index in [1.54, 1.807) is 0 Å². The summed E-state index contributed by atoms with van der Waals surface area (Å²) in [6.45, 7) is 8.45. The van der Waals surface area contributed by atoms with Crippen molar-refractivity contribution in [1.29, 1.82) is 0 Å². The molecule has 0 aromatic carbocycles. The number of esters is 1. The van der Waals surface area contributed by atoms with E-state index in [9.17, 15) is 9.59 Å². The van der Waals surface area contributed by atoms with Crippen LogP contribution in [-0.4, -0.2) is 29.6 Å². The van der Waals surface area contributed by atoms with Crippen molar-refractivity contribution in [1.82, 2.24) is 0 Å². The average Bonchev–Trinajstić information content (AvgIpc) is 3.33. The molecule has 5 saturated carbocycles. The second kappa shape index (κ2) is 6.36. The molecule has 0 N–H and O–H groups in total. The van der Waals surface area contributed by atoms with E-state index < -0.39 is 0 Å². The molecule has 5 aliphatic carbocycles. The Kier molecular flexibility index (Phi) is 4.25. The maximum atomic E-state index is 13.2. The van der Waals surface area contributed by atoms with Gasteiger partial charge in [0.1, 0.15) is 17.5 Å². The lowest BCUT2D eigenvalue weighted by molar-refractivity contribution is -0.163. The molecule has 172 valence electrons. The molecular weight excluding hydrogens is 388 g/mol. The molecule has 1 saturated heterocycles. The van der Waals surface area contributed by atoms with Gasteiger partial charge in [0.2, 0.25) is 0 Å². The number of ether oxygens (including phenoxy) is 2. The third kappa shape index (κ3) is 2.36. The third-order valence-electron chi connectivity index (χ3n) is 12.0. The highest BCUT2D eigenvalue weighted by atomic mass is 16.6. The molecule has 4 nitrogen and oxygen atoms in total. The number of fused-ring (bicyclic) bond motifs is 6. The summed E-state index contributed by atoms with van der Waals surface area (Å²) in [5.41, 5.74) is 0.235. The lowest BCUT2D eigenvalue weighted by Crippen LogP contribution is -2.60. The second-order valence-electron chi connectivity index (χ2n) is 12.7. The maximum absolute atomic E-state index is 13.2. The molecule has 1 heterocycles. The van der Waals surface area contributed by atoms with E-state index in [-0.39, 0.29) is 33.9 Å². The van der Waals surface area contributed by atoms with Gasteiger partial charge in [0.15, 0.2) is 0 Å². The Bertz CT molecular complexity index is 822. The van der Waals surface area contributed by atoms with Crippen molar-refractivity contribution in [3.8, 4) is 0 Å². The quantitative estimate of drug-likeness (QED) is 0.432. The Balaban J connectivity index is 1.33. The van der Waals surface area contributed by atoms with Crippen molar-refractivity contribution in [2.75, 3.05) is 0 Å². The summed E-state index contributed by atoms with van der Waals surface area (Å²) in [4.78, 5) is 24.8. The molecule has 6 fully saturated rings. The van der Waals surface area contributed by atoms with Crippen LogP contribution in [0.15, 0.2) is 0 Å². The smallest absolute Gasteiger partial charge is 0.302 e. The van der Waals surface area contributed by atoms with Crippen LogP contribution in [-0.2, 0) is 19.1 Å². The van der Waals surface area contributed by atoms with E-state index in [1.807, 2.05) is 6.92 Å². The molecule has 0 amide bonds. The molecular formula is C27H40O4. The van der Waals surface area contributed by atoms with Gasteiger partial charge in [0.05, 0.1) is 6.10 Å². The Morgan fingerprint density at radius 2 is 1.68 bits per heavy atom. The minimum absolute atomic E-state index is 0.0244. The van der Waals surface area contributed by atoms with E-state index in [1.165, 1.54) is 45.4 Å².